The lowest BCUT2D eigenvalue weighted by Crippen LogP contribution is -2.43. The van der Waals surface area contributed by atoms with Gasteiger partial charge in [-0.1, -0.05) is 72.8 Å². The minimum atomic E-state index is -0.922. The van der Waals surface area contributed by atoms with Crippen molar-refractivity contribution < 1.29 is 23.8 Å². The fraction of sp³-hybridized carbons (Fsp3) is 0.179. The number of aromatic nitrogens is 1. The van der Waals surface area contributed by atoms with E-state index in [1.807, 2.05) is 60.7 Å². The molecule has 1 aromatic heterocycles. The number of ether oxygens (including phenoxy) is 1. The van der Waals surface area contributed by atoms with Gasteiger partial charge in [-0.25, -0.2) is 9.78 Å². The number of esters is 1. The first-order valence-corrected chi connectivity index (χ1v) is 11.5. The van der Waals surface area contributed by atoms with Crippen LogP contribution >= 0.6 is 0 Å². The lowest BCUT2D eigenvalue weighted by atomic mass is 10.1. The molecule has 0 radical (unpaired) electrons. The summed E-state index contributed by atoms with van der Waals surface area (Å²) in [6.07, 6.45) is 1.88. The standard InChI is InChI=1S/C28H27N3O5/c29-23(15-20-11-13-22(32)14-12-20)27-31-25(18-35-27)26(33)30-24(16-19-7-3-1-4-8-19)28(34)36-17-21-9-5-2-6-10-21/h1-14,18,23-24,32H,15-17,29H2,(H,30,33). The second kappa shape index (κ2) is 11.8. The molecule has 184 valence electrons. The molecule has 0 aliphatic rings. The third-order valence-electron chi connectivity index (χ3n) is 5.56. The van der Waals surface area contributed by atoms with E-state index in [9.17, 15) is 14.7 Å². The van der Waals surface area contributed by atoms with E-state index in [2.05, 4.69) is 10.3 Å². The van der Waals surface area contributed by atoms with Crippen molar-refractivity contribution >= 4 is 11.9 Å². The number of oxazole rings is 1. The largest absolute Gasteiger partial charge is 0.508 e. The summed E-state index contributed by atoms with van der Waals surface area (Å²) in [5.41, 5.74) is 8.82. The SMILES string of the molecule is NC(Cc1ccc(O)cc1)c1nc(C(=O)NC(Cc2ccccc2)C(=O)OCc2ccccc2)co1. The summed E-state index contributed by atoms with van der Waals surface area (Å²) in [6.45, 7) is 0.0983. The van der Waals surface area contributed by atoms with Gasteiger partial charge in [0, 0.05) is 6.42 Å². The van der Waals surface area contributed by atoms with Gasteiger partial charge >= 0.3 is 5.97 Å². The Labute approximate surface area is 208 Å². The molecule has 8 nitrogen and oxygen atoms in total. The molecule has 0 aliphatic heterocycles. The highest BCUT2D eigenvalue weighted by Crippen LogP contribution is 2.18. The van der Waals surface area contributed by atoms with Gasteiger partial charge in [0.1, 0.15) is 24.7 Å². The summed E-state index contributed by atoms with van der Waals surface area (Å²) >= 11 is 0. The maximum atomic E-state index is 12.9. The fourth-order valence-corrected chi connectivity index (χ4v) is 3.64. The first-order chi connectivity index (χ1) is 17.5. The third kappa shape index (κ3) is 6.80. The number of rotatable bonds is 10. The molecule has 8 heteroatoms. The van der Waals surface area contributed by atoms with Gasteiger partial charge < -0.3 is 25.3 Å². The minimum Gasteiger partial charge on any atom is -0.508 e. The van der Waals surface area contributed by atoms with Gasteiger partial charge in [-0.3, -0.25) is 4.79 Å². The Morgan fingerprint density at radius 1 is 0.889 bits per heavy atom. The molecule has 1 amide bonds. The third-order valence-corrected chi connectivity index (χ3v) is 5.56. The molecule has 2 atom stereocenters. The van der Waals surface area contributed by atoms with Crippen LogP contribution in [0.15, 0.2) is 95.6 Å². The summed E-state index contributed by atoms with van der Waals surface area (Å²) in [7, 11) is 0. The number of phenols is 1. The van der Waals surface area contributed by atoms with Gasteiger partial charge in [0.15, 0.2) is 5.69 Å². The summed E-state index contributed by atoms with van der Waals surface area (Å²) < 4.78 is 10.9. The summed E-state index contributed by atoms with van der Waals surface area (Å²) in [5.74, 6) is -0.766. The summed E-state index contributed by atoms with van der Waals surface area (Å²) in [6, 6.07) is 23.8. The molecule has 0 spiro atoms. The van der Waals surface area contributed by atoms with Crippen LogP contribution in [0.4, 0.5) is 0 Å². The van der Waals surface area contributed by atoms with Gasteiger partial charge in [0.2, 0.25) is 5.89 Å². The van der Waals surface area contributed by atoms with Gasteiger partial charge in [-0.05, 0) is 35.2 Å². The highest BCUT2D eigenvalue weighted by Gasteiger charge is 2.26. The molecule has 4 rings (SSSR count). The number of nitrogens with zero attached hydrogens (tertiary/aromatic N) is 1. The molecule has 0 saturated carbocycles. The highest BCUT2D eigenvalue weighted by atomic mass is 16.5. The number of carbonyl (C=O) groups is 2. The van der Waals surface area contributed by atoms with E-state index in [1.165, 1.54) is 6.26 Å². The van der Waals surface area contributed by atoms with Crippen LogP contribution in [-0.2, 0) is 29.0 Å². The second-order valence-electron chi connectivity index (χ2n) is 8.36. The van der Waals surface area contributed by atoms with Crippen LogP contribution in [0.2, 0.25) is 0 Å². The van der Waals surface area contributed by atoms with E-state index >= 15 is 0 Å². The zero-order valence-electron chi connectivity index (χ0n) is 19.5. The van der Waals surface area contributed by atoms with Crippen LogP contribution in [0.3, 0.4) is 0 Å². The summed E-state index contributed by atoms with van der Waals surface area (Å²) in [4.78, 5) is 30.1. The van der Waals surface area contributed by atoms with E-state index in [1.54, 1.807) is 24.3 Å². The van der Waals surface area contributed by atoms with Crippen molar-refractivity contribution in [3.8, 4) is 5.75 Å². The quantitative estimate of drug-likeness (QED) is 0.292. The number of hydrogen-bond donors (Lipinski definition) is 3. The number of benzene rings is 3. The molecule has 0 saturated heterocycles. The maximum Gasteiger partial charge on any atom is 0.329 e. The average molecular weight is 486 g/mol. The van der Waals surface area contributed by atoms with Gasteiger partial charge in [-0.15, -0.1) is 0 Å². The van der Waals surface area contributed by atoms with E-state index in [-0.39, 0.29) is 30.4 Å². The molecule has 2 unspecified atom stereocenters. The predicted molar refractivity (Wildman–Crippen MR) is 133 cm³/mol. The number of nitrogens with one attached hydrogen (secondary N) is 1. The zero-order chi connectivity index (χ0) is 25.3. The first kappa shape index (κ1) is 24.7. The Morgan fingerprint density at radius 3 is 2.17 bits per heavy atom. The number of hydrogen-bond acceptors (Lipinski definition) is 7. The normalized spacial score (nSPS) is 12.5. The number of carbonyl (C=O) groups excluding carboxylic acids is 2. The van der Waals surface area contributed by atoms with Crippen molar-refractivity contribution in [2.45, 2.75) is 31.5 Å². The van der Waals surface area contributed by atoms with Gasteiger partial charge in [-0.2, -0.15) is 0 Å². The van der Waals surface area contributed by atoms with Crippen molar-refractivity contribution in [1.29, 1.82) is 0 Å². The Balaban J connectivity index is 1.42. The maximum absolute atomic E-state index is 12.9. The molecule has 4 aromatic rings. The Hall–Kier alpha value is -4.43. The highest BCUT2D eigenvalue weighted by molar-refractivity contribution is 5.95. The number of phenolic OH excluding ortho intramolecular Hbond substituents is 1. The lowest BCUT2D eigenvalue weighted by Gasteiger charge is -2.17. The van der Waals surface area contributed by atoms with E-state index < -0.39 is 24.0 Å². The average Bonchev–Trinajstić information content (AvgIpc) is 3.40. The summed E-state index contributed by atoms with van der Waals surface area (Å²) in [5, 5.41) is 12.1. The van der Waals surface area contributed by atoms with Crippen LogP contribution in [0, 0.1) is 0 Å². The lowest BCUT2D eigenvalue weighted by molar-refractivity contribution is -0.147. The predicted octanol–water partition coefficient (Wildman–Crippen LogP) is 3.71. The molecule has 4 N–H and O–H groups in total. The molecule has 1 heterocycles. The van der Waals surface area contributed by atoms with Crippen molar-refractivity contribution in [2.24, 2.45) is 5.73 Å². The van der Waals surface area contributed by atoms with Crippen LogP contribution in [0.5, 0.6) is 5.75 Å². The molecule has 0 aliphatic carbocycles. The van der Waals surface area contributed by atoms with Crippen molar-refractivity contribution in [3.63, 3.8) is 0 Å². The zero-order valence-corrected chi connectivity index (χ0v) is 19.5. The van der Waals surface area contributed by atoms with Crippen molar-refractivity contribution in [1.82, 2.24) is 10.3 Å². The van der Waals surface area contributed by atoms with Crippen LogP contribution in [-0.4, -0.2) is 28.0 Å². The van der Waals surface area contributed by atoms with E-state index in [0.717, 1.165) is 16.7 Å². The monoisotopic (exact) mass is 485 g/mol. The van der Waals surface area contributed by atoms with E-state index in [0.29, 0.717) is 6.42 Å². The minimum absolute atomic E-state index is 0.0140. The molecule has 3 aromatic carbocycles. The molecule has 0 fully saturated rings. The molecular formula is C28H27N3O5. The van der Waals surface area contributed by atoms with Crippen LogP contribution < -0.4 is 11.1 Å². The second-order valence-corrected chi connectivity index (χ2v) is 8.36. The Bertz CT molecular complexity index is 1270. The van der Waals surface area contributed by atoms with Crippen LogP contribution in [0.1, 0.15) is 39.1 Å². The number of aromatic hydroxyl groups is 1. The Kier molecular flexibility index (Phi) is 8.10. The topological polar surface area (TPSA) is 128 Å². The molecular weight excluding hydrogens is 458 g/mol. The molecule has 36 heavy (non-hydrogen) atoms. The molecule has 0 bridgehead atoms. The van der Waals surface area contributed by atoms with Gasteiger partial charge in [0.25, 0.3) is 5.91 Å². The number of nitrogens with two attached hydrogens (primary N) is 1. The van der Waals surface area contributed by atoms with Crippen molar-refractivity contribution in [2.75, 3.05) is 0 Å². The van der Waals surface area contributed by atoms with Gasteiger partial charge in [0.05, 0.1) is 6.04 Å². The smallest absolute Gasteiger partial charge is 0.329 e. The van der Waals surface area contributed by atoms with Crippen LogP contribution in [0.25, 0.3) is 0 Å². The fourth-order valence-electron chi connectivity index (χ4n) is 3.64. The van der Waals surface area contributed by atoms with E-state index in [4.69, 9.17) is 14.9 Å². The Morgan fingerprint density at radius 2 is 1.50 bits per heavy atom. The van der Waals surface area contributed by atoms with Crippen molar-refractivity contribution in [3.05, 3.63) is 119 Å². The first-order valence-electron chi connectivity index (χ1n) is 11.5. The number of amides is 1.